The van der Waals surface area contributed by atoms with Crippen LogP contribution in [0.3, 0.4) is 0 Å². The second-order valence-corrected chi connectivity index (χ2v) is 4.23. The molecule has 0 amide bonds. The third kappa shape index (κ3) is 4.35. The van der Waals surface area contributed by atoms with Crippen LogP contribution < -0.4 is 5.73 Å². The number of furan rings is 1. The Bertz CT molecular complexity index is 308. The number of nitrogens with zero attached hydrogens (tertiary/aromatic N) is 1. The van der Waals surface area contributed by atoms with E-state index in [-0.39, 0.29) is 0 Å². The van der Waals surface area contributed by atoms with E-state index < -0.39 is 0 Å². The summed E-state index contributed by atoms with van der Waals surface area (Å²) in [6.45, 7) is 4.79. The van der Waals surface area contributed by atoms with Crippen LogP contribution in [0.25, 0.3) is 0 Å². The Morgan fingerprint density at radius 1 is 1.44 bits per heavy atom. The Labute approximate surface area is 97.4 Å². The van der Waals surface area contributed by atoms with Crippen molar-refractivity contribution in [3.05, 3.63) is 23.2 Å². The molecule has 0 saturated heterocycles. The Balaban J connectivity index is 2.21. The van der Waals surface area contributed by atoms with Gasteiger partial charge in [0.25, 0.3) is 0 Å². The highest BCUT2D eigenvalue weighted by atomic mass is 16.5. The summed E-state index contributed by atoms with van der Waals surface area (Å²) in [7, 11) is 4.12. The molecule has 0 saturated carbocycles. The van der Waals surface area contributed by atoms with E-state index in [4.69, 9.17) is 14.9 Å². The van der Waals surface area contributed by atoms with E-state index in [9.17, 15) is 0 Å². The average molecular weight is 226 g/mol. The molecule has 0 spiro atoms. The lowest BCUT2D eigenvalue weighted by atomic mass is 10.3. The topological polar surface area (TPSA) is 51.6 Å². The van der Waals surface area contributed by atoms with Gasteiger partial charge >= 0.3 is 0 Å². The van der Waals surface area contributed by atoms with E-state index in [1.165, 1.54) is 0 Å². The van der Waals surface area contributed by atoms with Gasteiger partial charge in [-0.1, -0.05) is 0 Å². The third-order valence-corrected chi connectivity index (χ3v) is 2.40. The van der Waals surface area contributed by atoms with Gasteiger partial charge in [-0.15, -0.1) is 0 Å². The average Bonchev–Trinajstić information content (AvgIpc) is 2.58. The second kappa shape index (κ2) is 6.68. The number of aryl methyl sites for hydroxylation is 1. The van der Waals surface area contributed by atoms with Gasteiger partial charge in [0, 0.05) is 6.61 Å². The van der Waals surface area contributed by atoms with Gasteiger partial charge in [-0.05, 0) is 45.6 Å². The van der Waals surface area contributed by atoms with E-state index in [0.717, 1.165) is 36.7 Å². The van der Waals surface area contributed by atoms with E-state index in [2.05, 4.69) is 19.0 Å². The molecule has 0 aliphatic rings. The molecule has 4 nitrogen and oxygen atoms in total. The van der Waals surface area contributed by atoms with Crippen molar-refractivity contribution in [2.24, 2.45) is 5.73 Å². The first kappa shape index (κ1) is 13.2. The highest BCUT2D eigenvalue weighted by Crippen LogP contribution is 2.14. The number of ether oxygens (including phenoxy) is 1. The molecule has 1 aromatic heterocycles. The molecule has 1 heterocycles. The molecule has 0 aromatic carbocycles. The summed E-state index contributed by atoms with van der Waals surface area (Å²) in [5.41, 5.74) is 6.64. The summed E-state index contributed by atoms with van der Waals surface area (Å²) in [5.74, 6) is 1.72. The molecule has 0 aliphatic carbocycles. The van der Waals surface area contributed by atoms with Crippen LogP contribution in [-0.2, 0) is 17.9 Å². The van der Waals surface area contributed by atoms with Crippen LogP contribution in [0.5, 0.6) is 0 Å². The Morgan fingerprint density at radius 2 is 2.19 bits per heavy atom. The lowest BCUT2D eigenvalue weighted by Crippen LogP contribution is -2.14. The van der Waals surface area contributed by atoms with Gasteiger partial charge in [-0.2, -0.15) is 0 Å². The fraction of sp³-hybridized carbons (Fsp3) is 0.667. The summed E-state index contributed by atoms with van der Waals surface area (Å²) in [5, 5.41) is 0. The maximum absolute atomic E-state index is 5.53. The van der Waals surface area contributed by atoms with Gasteiger partial charge < -0.3 is 19.8 Å². The van der Waals surface area contributed by atoms with Gasteiger partial charge in [0.1, 0.15) is 18.1 Å². The summed E-state index contributed by atoms with van der Waals surface area (Å²) >= 11 is 0. The lowest BCUT2D eigenvalue weighted by molar-refractivity contribution is 0.0985. The van der Waals surface area contributed by atoms with Crippen LogP contribution in [-0.4, -0.2) is 32.1 Å². The summed E-state index contributed by atoms with van der Waals surface area (Å²) in [6, 6.07) is 1.99. The maximum Gasteiger partial charge on any atom is 0.130 e. The monoisotopic (exact) mass is 226 g/mol. The Morgan fingerprint density at radius 3 is 2.75 bits per heavy atom. The summed E-state index contributed by atoms with van der Waals surface area (Å²) < 4.78 is 11.1. The van der Waals surface area contributed by atoms with Crippen LogP contribution in [0, 0.1) is 6.92 Å². The SMILES string of the molecule is Cc1cc(COCCCN(C)C)oc1CN. The fourth-order valence-electron chi connectivity index (χ4n) is 1.52. The number of nitrogens with two attached hydrogens (primary N) is 1. The highest BCUT2D eigenvalue weighted by molar-refractivity contribution is 5.19. The van der Waals surface area contributed by atoms with Crippen LogP contribution in [0.2, 0.25) is 0 Å². The van der Waals surface area contributed by atoms with Crippen molar-refractivity contribution >= 4 is 0 Å². The standard InChI is InChI=1S/C12H22N2O2/c1-10-7-11(16-12(10)8-13)9-15-6-4-5-14(2)3/h7H,4-6,8-9,13H2,1-3H3. The first-order valence-corrected chi connectivity index (χ1v) is 5.64. The zero-order valence-corrected chi connectivity index (χ0v) is 10.5. The van der Waals surface area contributed by atoms with E-state index in [1.54, 1.807) is 0 Å². The Hall–Kier alpha value is -0.840. The minimum atomic E-state index is 0.451. The summed E-state index contributed by atoms with van der Waals surface area (Å²) in [4.78, 5) is 2.15. The molecule has 92 valence electrons. The molecule has 0 unspecified atom stereocenters. The van der Waals surface area contributed by atoms with Gasteiger partial charge in [0.15, 0.2) is 0 Å². The van der Waals surface area contributed by atoms with Gasteiger partial charge in [-0.25, -0.2) is 0 Å². The zero-order chi connectivity index (χ0) is 12.0. The number of hydrogen-bond donors (Lipinski definition) is 1. The predicted molar refractivity (Wildman–Crippen MR) is 64.2 cm³/mol. The van der Waals surface area contributed by atoms with Crippen molar-refractivity contribution < 1.29 is 9.15 Å². The minimum absolute atomic E-state index is 0.451. The molecule has 0 aliphatic heterocycles. The normalized spacial score (nSPS) is 11.3. The van der Waals surface area contributed by atoms with Crippen molar-refractivity contribution in [1.29, 1.82) is 0 Å². The molecule has 0 radical (unpaired) electrons. The van der Waals surface area contributed by atoms with Crippen LogP contribution in [0.1, 0.15) is 23.5 Å². The van der Waals surface area contributed by atoms with E-state index in [1.807, 2.05) is 13.0 Å². The van der Waals surface area contributed by atoms with Crippen LogP contribution in [0.15, 0.2) is 10.5 Å². The first-order chi connectivity index (χ1) is 7.63. The molecule has 0 fully saturated rings. The van der Waals surface area contributed by atoms with Crippen molar-refractivity contribution in [3.8, 4) is 0 Å². The minimum Gasteiger partial charge on any atom is -0.462 e. The largest absolute Gasteiger partial charge is 0.462 e. The van der Waals surface area contributed by atoms with Crippen LogP contribution in [0.4, 0.5) is 0 Å². The molecule has 1 aromatic rings. The number of hydrogen-bond acceptors (Lipinski definition) is 4. The fourth-order valence-corrected chi connectivity index (χ4v) is 1.52. The van der Waals surface area contributed by atoms with Crippen molar-refractivity contribution in [1.82, 2.24) is 4.90 Å². The maximum atomic E-state index is 5.53. The molecule has 0 atom stereocenters. The quantitative estimate of drug-likeness (QED) is 0.716. The van der Waals surface area contributed by atoms with E-state index in [0.29, 0.717) is 13.2 Å². The van der Waals surface area contributed by atoms with Gasteiger partial charge in [0.2, 0.25) is 0 Å². The van der Waals surface area contributed by atoms with Gasteiger partial charge in [-0.3, -0.25) is 0 Å². The van der Waals surface area contributed by atoms with Crippen molar-refractivity contribution in [3.63, 3.8) is 0 Å². The van der Waals surface area contributed by atoms with E-state index >= 15 is 0 Å². The first-order valence-electron chi connectivity index (χ1n) is 5.64. The van der Waals surface area contributed by atoms with Crippen LogP contribution >= 0.6 is 0 Å². The molecular weight excluding hydrogens is 204 g/mol. The third-order valence-electron chi connectivity index (χ3n) is 2.40. The number of rotatable bonds is 7. The molecule has 1 rings (SSSR count). The summed E-state index contributed by atoms with van der Waals surface area (Å²) in [6.07, 6.45) is 1.04. The molecular formula is C12H22N2O2. The lowest BCUT2D eigenvalue weighted by Gasteiger charge is -2.08. The Kier molecular flexibility index (Phi) is 5.52. The smallest absolute Gasteiger partial charge is 0.130 e. The molecule has 4 heteroatoms. The molecule has 16 heavy (non-hydrogen) atoms. The molecule has 2 N–H and O–H groups in total. The highest BCUT2D eigenvalue weighted by Gasteiger charge is 2.05. The molecule has 0 bridgehead atoms. The second-order valence-electron chi connectivity index (χ2n) is 4.23. The van der Waals surface area contributed by atoms with Crippen molar-refractivity contribution in [2.45, 2.75) is 26.5 Å². The zero-order valence-electron chi connectivity index (χ0n) is 10.5. The van der Waals surface area contributed by atoms with Gasteiger partial charge in [0.05, 0.1) is 6.54 Å². The van der Waals surface area contributed by atoms with Crippen molar-refractivity contribution in [2.75, 3.05) is 27.2 Å². The predicted octanol–water partition coefficient (Wildman–Crippen LogP) is 1.52.